The molecule has 4 nitrogen and oxygen atoms in total. The first kappa shape index (κ1) is 10.7. The second-order valence-corrected chi connectivity index (χ2v) is 3.02. The van der Waals surface area contributed by atoms with Crippen LogP contribution in [0.2, 0.25) is 0 Å². The third kappa shape index (κ3) is 3.16. The SMILES string of the molecule is O=C(NO)C(O)CCc1ccccc1. The number of nitrogens with one attached hydrogen (secondary N) is 1. The van der Waals surface area contributed by atoms with Crippen molar-refractivity contribution in [3.63, 3.8) is 0 Å². The minimum atomic E-state index is -1.15. The zero-order chi connectivity index (χ0) is 10.4. The first-order valence-electron chi connectivity index (χ1n) is 4.40. The molecule has 0 spiro atoms. The first-order chi connectivity index (χ1) is 6.74. The second kappa shape index (κ2) is 5.36. The van der Waals surface area contributed by atoms with E-state index >= 15 is 0 Å². The lowest BCUT2D eigenvalue weighted by Gasteiger charge is -2.07. The number of rotatable bonds is 4. The van der Waals surface area contributed by atoms with E-state index in [4.69, 9.17) is 5.21 Å². The molecule has 0 aliphatic rings. The molecule has 0 saturated heterocycles. The molecule has 1 atom stereocenters. The summed E-state index contributed by atoms with van der Waals surface area (Å²) in [7, 11) is 0. The molecule has 1 aromatic carbocycles. The average molecular weight is 195 g/mol. The molecule has 14 heavy (non-hydrogen) atoms. The Morgan fingerprint density at radius 2 is 2.00 bits per heavy atom. The van der Waals surface area contributed by atoms with Gasteiger partial charge in [-0.15, -0.1) is 0 Å². The fourth-order valence-electron chi connectivity index (χ4n) is 1.15. The molecule has 0 radical (unpaired) electrons. The van der Waals surface area contributed by atoms with Gasteiger partial charge in [-0.25, -0.2) is 5.48 Å². The molecule has 0 fully saturated rings. The van der Waals surface area contributed by atoms with Gasteiger partial charge in [0.2, 0.25) is 0 Å². The molecular weight excluding hydrogens is 182 g/mol. The molecule has 1 rings (SSSR count). The van der Waals surface area contributed by atoms with Crippen LogP contribution in [0.5, 0.6) is 0 Å². The Kier molecular flexibility index (Phi) is 4.10. The van der Waals surface area contributed by atoms with E-state index in [-0.39, 0.29) is 0 Å². The normalized spacial score (nSPS) is 12.1. The van der Waals surface area contributed by atoms with Crippen LogP contribution in [-0.2, 0) is 11.2 Å². The first-order valence-corrected chi connectivity index (χ1v) is 4.40. The summed E-state index contributed by atoms with van der Waals surface area (Å²) in [6, 6.07) is 9.54. The number of amides is 1. The van der Waals surface area contributed by atoms with Crippen molar-refractivity contribution in [3.05, 3.63) is 35.9 Å². The third-order valence-electron chi connectivity index (χ3n) is 1.96. The topological polar surface area (TPSA) is 69.6 Å². The smallest absolute Gasteiger partial charge is 0.272 e. The van der Waals surface area contributed by atoms with Crippen LogP contribution in [0.15, 0.2) is 30.3 Å². The highest BCUT2D eigenvalue weighted by molar-refractivity contribution is 5.79. The van der Waals surface area contributed by atoms with Crippen LogP contribution < -0.4 is 5.48 Å². The number of aryl methyl sites for hydroxylation is 1. The van der Waals surface area contributed by atoms with E-state index < -0.39 is 12.0 Å². The van der Waals surface area contributed by atoms with E-state index in [9.17, 15) is 9.90 Å². The minimum Gasteiger partial charge on any atom is -0.383 e. The molecule has 3 N–H and O–H groups in total. The number of aliphatic hydroxyl groups is 1. The maximum absolute atomic E-state index is 10.7. The predicted octanol–water partition coefficient (Wildman–Crippen LogP) is 0.485. The maximum atomic E-state index is 10.7. The molecule has 0 bridgehead atoms. The molecule has 0 aliphatic heterocycles. The number of hydrogen-bond acceptors (Lipinski definition) is 3. The van der Waals surface area contributed by atoms with E-state index in [1.807, 2.05) is 30.3 Å². The number of benzene rings is 1. The van der Waals surface area contributed by atoms with Gasteiger partial charge in [-0.05, 0) is 18.4 Å². The molecule has 0 aliphatic carbocycles. The molecule has 1 unspecified atom stereocenters. The number of aliphatic hydroxyl groups excluding tert-OH is 1. The van der Waals surface area contributed by atoms with Crippen molar-refractivity contribution in [3.8, 4) is 0 Å². The van der Waals surface area contributed by atoms with Crippen molar-refractivity contribution in [2.75, 3.05) is 0 Å². The highest BCUT2D eigenvalue weighted by atomic mass is 16.5. The Labute approximate surface area is 82.1 Å². The summed E-state index contributed by atoms with van der Waals surface area (Å²) in [4.78, 5) is 10.7. The van der Waals surface area contributed by atoms with Crippen molar-refractivity contribution in [2.24, 2.45) is 0 Å². The Morgan fingerprint density at radius 3 is 2.57 bits per heavy atom. The van der Waals surface area contributed by atoms with Crippen LogP contribution in [0.1, 0.15) is 12.0 Å². The molecule has 0 heterocycles. The van der Waals surface area contributed by atoms with Gasteiger partial charge in [0.1, 0.15) is 6.10 Å². The number of carbonyl (C=O) groups is 1. The number of carbonyl (C=O) groups excluding carboxylic acids is 1. The number of hydroxylamine groups is 1. The Hall–Kier alpha value is -1.39. The molecule has 76 valence electrons. The van der Waals surface area contributed by atoms with Crippen LogP contribution in [0.4, 0.5) is 0 Å². The molecule has 1 aromatic rings. The van der Waals surface area contributed by atoms with E-state index in [1.54, 1.807) is 0 Å². The molecule has 0 aromatic heterocycles. The van der Waals surface area contributed by atoms with Crippen LogP contribution in [-0.4, -0.2) is 22.3 Å². The summed E-state index contributed by atoms with van der Waals surface area (Å²) < 4.78 is 0. The highest BCUT2D eigenvalue weighted by Gasteiger charge is 2.13. The van der Waals surface area contributed by atoms with Crippen molar-refractivity contribution in [2.45, 2.75) is 18.9 Å². The minimum absolute atomic E-state index is 0.302. The quantitative estimate of drug-likeness (QED) is 0.483. The van der Waals surface area contributed by atoms with Crippen LogP contribution in [0.3, 0.4) is 0 Å². The fraction of sp³-hybridized carbons (Fsp3) is 0.300. The molecule has 1 amide bonds. The summed E-state index contributed by atoms with van der Waals surface area (Å²) in [6.45, 7) is 0. The fourth-order valence-corrected chi connectivity index (χ4v) is 1.15. The van der Waals surface area contributed by atoms with Gasteiger partial charge in [0, 0.05) is 0 Å². The third-order valence-corrected chi connectivity index (χ3v) is 1.96. The van der Waals surface area contributed by atoms with Crippen LogP contribution in [0, 0.1) is 0 Å². The zero-order valence-corrected chi connectivity index (χ0v) is 7.68. The second-order valence-electron chi connectivity index (χ2n) is 3.02. The van der Waals surface area contributed by atoms with Gasteiger partial charge in [-0.3, -0.25) is 10.0 Å². The average Bonchev–Trinajstić information content (AvgIpc) is 2.26. The van der Waals surface area contributed by atoms with E-state index in [2.05, 4.69) is 0 Å². The monoisotopic (exact) mass is 195 g/mol. The molecule has 4 heteroatoms. The van der Waals surface area contributed by atoms with Crippen LogP contribution >= 0.6 is 0 Å². The van der Waals surface area contributed by atoms with E-state index in [0.29, 0.717) is 12.8 Å². The summed E-state index contributed by atoms with van der Waals surface area (Å²) in [5, 5.41) is 17.4. The maximum Gasteiger partial charge on any atom is 0.272 e. The molecule has 0 saturated carbocycles. The van der Waals surface area contributed by atoms with Crippen molar-refractivity contribution in [1.82, 2.24) is 5.48 Å². The summed E-state index contributed by atoms with van der Waals surface area (Å²) in [6.07, 6.45) is -0.244. The van der Waals surface area contributed by atoms with Gasteiger partial charge >= 0.3 is 0 Å². The lowest BCUT2D eigenvalue weighted by atomic mass is 10.1. The lowest BCUT2D eigenvalue weighted by molar-refractivity contribution is -0.138. The standard InChI is InChI=1S/C10H13NO3/c12-9(10(13)11-14)7-6-8-4-2-1-3-5-8/h1-5,9,12,14H,6-7H2,(H,11,13). The summed E-state index contributed by atoms with van der Waals surface area (Å²) in [5.74, 6) is -0.763. The van der Waals surface area contributed by atoms with Crippen molar-refractivity contribution >= 4 is 5.91 Å². The zero-order valence-electron chi connectivity index (χ0n) is 7.68. The number of hydrogen-bond donors (Lipinski definition) is 3. The van der Waals surface area contributed by atoms with Gasteiger partial charge < -0.3 is 5.11 Å². The van der Waals surface area contributed by atoms with Gasteiger partial charge in [0.05, 0.1) is 0 Å². The Balaban J connectivity index is 2.38. The van der Waals surface area contributed by atoms with E-state index in [1.165, 1.54) is 5.48 Å². The Bertz CT molecular complexity index is 287. The predicted molar refractivity (Wildman–Crippen MR) is 50.7 cm³/mol. The van der Waals surface area contributed by atoms with Crippen molar-refractivity contribution in [1.29, 1.82) is 0 Å². The molecular formula is C10H13NO3. The van der Waals surface area contributed by atoms with Gasteiger partial charge in [0.15, 0.2) is 0 Å². The highest BCUT2D eigenvalue weighted by Crippen LogP contribution is 2.04. The summed E-state index contributed by atoms with van der Waals surface area (Å²) in [5.41, 5.74) is 2.47. The lowest BCUT2D eigenvalue weighted by Crippen LogP contribution is -2.32. The van der Waals surface area contributed by atoms with Crippen LogP contribution in [0.25, 0.3) is 0 Å². The Morgan fingerprint density at radius 1 is 1.36 bits per heavy atom. The van der Waals surface area contributed by atoms with Gasteiger partial charge in [-0.2, -0.15) is 0 Å². The largest absolute Gasteiger partial charge is 0.383 e. The van der Waals surface area contributed by atoms with E-state index in [0.717, 1.165) is 5.56 Å². The van der Waals surface area contributed by atoms with Gasteiger partial charge in [0.25, 0.3) is 5.91 Å². The van der Waals surface area contributed by atoms with Gasteiger partial charge in [-0.1, -0.05) is 30.3 Å². The summed E-state index contributed by atoms with van der Waals surface area (Å²) >= 11 is 0. The van der Waals surface area contributed by atoms with Crippen molar-refractivity contribution < 1.29 is 15.1 Å².